The van der Waals surface area contributed by atoms with Crippen molar-refractivity contribution < 1.29 is 9.90 Å². The fraction of sp³-hybridized carbons (Fsp3) is 0.462. The van der Waals surface area contributed by atoms with Crippen LogP contribution in [0.15, 0.2) is 24.3 Å². The lowest BCUT2D eigenvalue weighted by Gasteiger charge is -2.20. The highest BCUT2D eigenvalue weighted by atomic mass is 16.3. The molecular weight excluding hydrogens is 188 g/mol. The minimum Gasteiger partial charge on any atom is -0.508 e. The van der Waals surface area contributed by atoms with Crippen molar-refractivity contribution >= 4 is 5.78 Å². The van der Waals surface area contributed by atoms with Crippen molar-refractivity contribution in [3.8, 4) is 5.75 Å². The molecule has 2 nitrogen and oxygen atoms in total. The Bertz CT molecular complexity index is 340. The number of phenolic OH excluding ortho intramolecular Hbond substituents is 1. The Morgan fingerprint density at radius 1 is 1.20 bits per heavy atom. The van der Waals surface area contributed by atoms with Crippen LogP contribution in [0.3, 0.4) is 0 Å². The first-order valence-electron chi connectivity index (χ1n) is 5.56. The average molecular weight is 204 g/mol. The molecule has 0 aromatic heterocycles. The van der Waals surface area contributed by atoms with Crippen molar-refractivity contribution in [2.24, 2.45) is 5.92 Å². The second-order valence-corrected chi connectivity index (χ2v) is 4.28. The highest BCUT2D eigenvalue weighted by Gasteiger charge is 2.21. The van der Waals surface area contributed by atoms with Gasteiger partial charge in [0.15, 0.2) is 0 Å². The van der Waals surface area contributed by atoms with Crippen LogP contribution in [-0.2, 0) is 11.2 Å². The zero-order valence-corrected chi connectivity index (χ0v) is 8.78. The monoisotopic (exact) mass is 204 g/mol. The average Bonchev–Trinajstić information content (AvgIpc) is 2.25. The number of carbonyl (C=O) groups excluding carboxylic acids is 1. The number of hydrogen-bond acceptors (Lipinski definition) is 2. The molecule has 1 aliphatic rings. The van der Waals surface area contributed by atoms with Crippen molar-refractivity contribution in [1.82, 2.24) is 0 Å². The summed E-state index contributed by atoms with van der Waals surface area (Å²) in [6.45, 7) is 0. The fourth-order valence-electron chi connectivity index (χ4n) is 2.19. The van der Waals surface area contributed by atoms with Crippen molar-refractivity contribution in [2.45, 2.75) is 32.1 Å². The third kappa shape index (κ3) is 2.58. The second-order valence-electron chi connectivity index (χ2n) is 4.28. The van der Waals surface area contributed by atoms with E-state index in [2.05, 4.69) is 0 Å². The number of rotatable bonds is 2. The number of carbonyl (C=O) groups is 1. The summed E-state index contributed by atoms with van der Waals surface area (Å²) in [4.78, 5) is 11.6. The van der Waals surface area contributed by atoms with Crippen LogP contribution >= 0.6 is 0 Å². The van der Waals surface area contributed by atoms with Crippen LogP contribution in [0.4, 0.5) is 0 Å². The van der Waals surface area contributed by atoms with Crippen LogP contribution in [0.5, 0.6) is 5.75 Å². The molecule has 1 aromatic rings. The summed E-state index contributed by atoms with van der Waals surface area (Å²) in [6, 6.07) is 7.17. The van der Waals surface area contributed by atoms with E-state index in [-0.39, 0.29) is 11.7 Å². The molecule has 0 heterocycles. The van der Waals surface area contributed by atoms with Crippen molar-refractivity contribution in [2.75, 3.05) is 0 Å². The lowest BCUT2D eigenvalue weighted by Crippen LogP contribution is -2.20. The van der Waals surface area contributed by atoms with Gasteiger partial charge in [-0.05, 0) is 37.0 Å². The molecule has 1 unspecified atom stereocenters. The van der Waals surface area contributed by atoms with E-state index in [4.69, 9.17) is 5.11 Å². The molecule has 1 saturated carbocycles. The highest BCUT2D eigenvalue weighted by Crippen LogP contribution is 2.24. The zero-order chi connectivity index (χ0) is 10.7. The van der Waals surface area contributed by atoms with Crippen molar-refractivity contribution in [3.05, 3.63) is 29.8 Å². The van der Waals surface area contributed by atoms with Gasteiger partial charge in [0.2, 0.25) is 0 Å². The van der Waals surface area contributed by atoms with Crippen LogP contribution in [-0.4, -0.2) is 10.9 Å². The van der Waals surface area contributed by atoms with Crippen molar-refractivity contribution in [1.29, 1.82) is 0 Å². The zero-order valence-electron chi connectivity index (χ0n) is 8.78. The fourth-order valence-corrected chi connectivity index (χ4v) is 2.19. The third-order valence-corrected chi connectivity index (χ3v) is 3.10. The second kappa shape index (κ2) is 4.47. The van der Waals surface area contributed by atoms with Crippen LogP contribution < -0.4 is 0 Å². The predicted octanol–water partition coefficient (Wildman–Crippen LogP) is 2.69. The normalized spacial score (nSPS) is 21.6. The van der Waals surface area contributed by atoms with Gasteiger partial charge in [-0.15, -0.1) is 0 Å². The molecule has 1 aromatic carbocycles. The summed E-state index contributed by atoms with van der Waals surface area (Å²) in [5.41, 5.74) is 1.15. The maximum Gasteiger partial charge on any atom is 0.136 e. The molecule has 2 heteroatoms. The Kier molecular flexibility index (Phi) is 3.05. The minimum absolute atomic E-state index is 0.211. The van der Waals surface area contributed by atoms with Gasteiger partial charge < -0.3 is 5.11 Å². The first kappa shape index (κ1) is 10.2. The highest BCUT2D eigenvalue weighted by molar-refractivity contribution is 5.81. The maximum atomic E-state index is 11.6. The van der Waals surface area contributed by atoms with Gasteiger partial charge in [-0.25, -0.2) is 0 Å². The summed E-state index contributed by atoms with van der Waals surface area (Å²) in [6.07, 6.45) is 4.85. The van der Waals surface area contributed by atoms with Crippen LogP contribution in [0, 0.1) is 5.92 Å². The molecule has 80 valence electrons. The molecule has 0 bridgehead atoms. The summed E-state index contributed by atoms with van der Waals surface area (Å²) < 4.78 is 0. The van der Waals surface area contributed by atoms with E-state index in [1.54, 1.807) is 12.1 Å². The first-order valence-corrected chi connectivity index (χ1v) is 5.56. The molecule has 0 aliphatic heterocycles. The Balaban J connectivity index is 2.01. The lowest BCUT2D eigenvalue weighted by molar-refractivity contribution is -0.124. The maximum absolute atomic E-state index is 11.6. The number of benzene rings is 1. The van der Waals surface area contributed by atoms with Gasteiger partial charge in [-0.2, -0.15) is 0 Å². The van der Waals surface area contributed by atoms with Crippen LogP contribution in [0.2, 0.25) is 0 Å². The molecule has 1 fully saturated rings. The molecule has 1 atom stereocenters. The van der Waals surface area contributed by atoms with Crippen LogP contribution in [0.25, 0.3) is 0 Å². The summed E-state index contributed by atoms with van der Waals surface area (Å²) in [7, 11) is 0. The van der Waals surface area contributed by atoms with E-state index in [1.165, 1.54) is 6.42 Å². The number of aromatic hydroxyl groups is 1. The Morgan fingerprint density at radius 3 is 2.60 bits per heavy atom. The van der Waals surface area contributed by atoms with E-state index in [0.29, 0.717) is 5.78 Å². The van der Waals surface area contributed by atoms with E-state index in [9.17, 15) is 4.79 Å². The summed E-state index contributed by atoms with van der Waals surface area (Å²) in [5.74, 6) is 0.909. The predicted molar refractivity (Wildman–Crippen MR) is 58.8 cm³/mol. The Labute approximate surface area is 89.9 Å². The van der Waals surface area contributed by atoms with Crippen LogP contribution in [0.1, 0.15) is 31.2 Å². The quantitative estimate of drug-likeness (QED) is 0.804. The number of ketones is 1. The number of Topliss-reactive ketones (excluding diaryl/α,β-unsaturated/α-hetero) is 1. The van der Waals surface area contributed by atoms with Gasteiger partial charge in [-0.3, -0.25) is 4.79 Å². The number of phenols is 1. The topological polar surface area (TPSA) is 37.3 Å². The molecule has 0 radical (unpaired) electrons. The smallest absolute Gasteiger partial charge is 0.136 e. The van der Waals surface area contributed by atoms with E-state index in [0.717, 1.165) is 31.2 Å². The van der Waals surface area contributed by atoms with Gasteiger partial charge in [0.05, 0.1) is 0 Å². The van der Waals surface area contributed by atoms with Gasteiger partial charge in [0.1, 0.15) is 11.5 Å². The molecular formula is C13H16O2. The standard InChI is InChI=1S/C13H16O2/c14-12-7-5-10(6-8-12)9-11-3-1-2-4-13(11)15/h5-8,11,14H,1-4,9H2. The third-order valence-electron chi connectivity index (χ3n) is 3.10. The summed E-state index contributed by atoms with van der Waals surface area (Å²) in [5, 5.41) is 9.15. The van der Waals surface area contributed by atoms with Gasteiger partial charge in [0, 0.05) is 12.3 Å². The molecule has 1 aliphatic carbocycles. The van der Waals surface area contributed by atoms with Crippen molar-refractivity contribution in [3.63, 3.8) is 0 Å². The first-order chi connectivity index (χ1) is 7.25. The molecule has 1 N–H and O–H groups in total. The molecule has 2 rings (SSSR count). The minimum atomic E-state index is 0.211. The molecule has 0 saturated heterocycles. The van der Waals surface area contributed by atoms with E-state index in [1.807, 2.05) is 12.1 Å². The molecule has 15 heavy (non-hydrogen) atoms. The molecule has 0 amide bonds. The van der Waals surface area contributed by atoms with Gasteiger partial charge in [0.25, 0.3) is 0 Å². The Hall–Kier alpha value is -1.31. The Morgan fingerprint density at radius 2 is 1.93 bits per heavy atom. The lowest BCUT2D eigenvalue weighted by atomic mass is 9.84. The van der Waals surface area contributed by atoms with E-state index >= 15 is 0 Å². The molecule has 0 spiro atoms. The van der Waals surface area contributed by atoms with E-state index < -0.39 is 0 Å². The SMILES string of the molecule is O=C1CCCCC1Cc1ccc(O)cc1. The summed E-state index contributed by atoms with van der Waals surface area (Å²) >= 11 is 0. The number of hydrogen-bond donors (Lipinski definition) is 1. The van der Waals surface area contributed by atoms with Gasteiger partial charge in [-0.1, -0.05) is 18.6 Å². The van der Waals surface area contributed by atoms with Gasteiger partial charge >= 0.3 is 0 Å². The largest absolute Gasteiger partial charge is 0.508 e.